The van der Waals surface area contributed by atoms with Crippen molar-refractivity contribution in [2.75, 3.05) is 31.6 Å². The Labute approximate surface area is 191 Å². The molecule has 1 amide bonds. The normalized spacial score (nSPS) is 18.0. The Bertz CT molecular complexity index is 1370. The molecule has 2 aliphatic heterocycles. The van der Waals surface area contributed by atoms with E-state index in [4.69, 9.17) is 14.7 Å². The fourth-order valence-electron chi connectivity index (χ4n) is 4.37. The van der Waals surface area contributed by atoms with E-state index >= 15 is 0 Å². The average molecular weight is 497 g/mol. The van der Waals surface area contributed by atoms with Gasteiger partial charge >= 0.3 is 0 Å². The quantitative estimate of drug-likeness (QED) is 0.461. The molecule has 10 nitrogen and oxygen atoms in total. The number of amides is 1. The first-order valence-corrected chi connectivity index (χ1v) is 11.2. The zero-order valence-corrected chi connectivity index (χ0v) is 19.2. The summed E-state index contributed by atoms with van der Waals surface area (Å²) in [6.07, 6.45) is 3.59. The number of rotatable bonds is 4. The number of para-hydroxylation sites is 1. The van der Waals surface area contributed by atoms with Gasteiger partial charge < -0.3 is 15.0 Å². The predicted molar refractivity (Wildman–Crippen MR) is 121 cm³/mol. The van der Waals surface area contributed by atoms with Crippen molar-refractivity contribution in [1.29, 1.82) is 0 Å². The minimum atomic E-state index is -0.463. The van der Waals surface area contributed by atoms with Gasteiger partial charge in [-0.2, -0.15) is 9.61 Å². The molecule has 0 radical (unpaired) electrons. The molecule has 1 atom stereocenters. The van der Waals surface area contributed by atoms with E-state index < -0.39 is 6.04 Å². The highest BCUT2D eigenvalue weighted by Gasteiger charge is 2.51. The summed E-state index contributed by atoms with van der Waals surface area (Å²) >= 11 is 3.59. The van der Waals surface area contributed by atoms with Crippen LogP contribution >= 0.6 is 15.9 Å². The molecule has 32 heavy (non-hydrogen) atoms. The number of nitrogens with one attached hydrogen (secondary N) is 1. The second-order valence-corrected chi connectivity index (χ2v) is 9.55. The van der Waals surface area contributed by atoms with Crippen molar-refractivity contribution >= 4 is 44.3 Å². The van der Waals surface area contributed by atoms with Crippen LogP contribution in [0.2, 0.25) is 0 Å². The summed E-state index contributed by atoms with van der Waals surface area (Å²) in [5.41, 5.74) is 2.40. The minimum absolute atomic E-state index is 0.0392. The van der Waals surface area contributed by atoms with Gasteiger partial charge in [-0.1, -0.05) is 6.07 Å². The number of hydrogen-bond acceptors (Lipinski definition) is 7. The van der Waals surface area contributed by atoms with Crippen LogP contribution in [0.25, 0.3) is 27.9 Å². The lowest BCUT2D eigenvalue weighted by Crippen LogP contribution is -2.68. The van der Waals surface area contributed by atoms with Crippen LogP contribution < -0.4 is 5.32 Å². The van der Waals surface area contributed by atoms with Crippen LogP contribution in [0.1, 0.15) is 6.92 Å². The van der Waals surface area contributed by atoms with Crippen molar-refractivity contribution in [1.82, 2.24) is 34.3 Å². The Hall–Kier alpha value is -3.05. The summed E-state index contributed by atoms with van der Waals surface area (Å²) in [6, 6.07) is 5.37. The number of ether oxygens (including phenoxy) is 1. The molecule has 11 heteroatoms. The summed E-state index contributed by atoms with van der Waals surface area (Å²) in [5, 5.41) is 13.0. The molecule has 4 aromatic rings. The largest absolute Gasteiger partial charge is 0.380 e. The number of benzene rings is 1. The fraction of sp³-hybridized carbons (Fsp3) is 0.381. The Morgan fingerprint density at radius 3 is 2.78 bits per heavy atom. The smallest absolute Gasteiger partial charge is 0.244 e. The monoisotopic (exact) mass is 496 g/mol. The molecule has 1 spiro atoms. The number of carbonyl (C=O) groups is 1. The molecule has 6 rings (SSSR count). The molecule has 2 aliphatic rings. The number of carbonyl (C=O) groups excluding carboxylic acids is 1. The van der Waals surface area contributed by atoms with Gasteiger partial charge in [0.1, 0.15) is 6.04 Å². The van der Waals surface area contributed by atoms with Gasteiger partial charge in [-0.05, 0) is 35.0 Å². The second kappa shape index (κ2) is 6.97. The van der Waals surface area contributed by atoms with E-state index in [0.717, 1.165) is 47.2 Å². The topological polar surface area (TPSA) is 102 Å². The Balaban J connectivity index is 1.38. The first-order valence-electron chi connectivity index (χ1n) is 10.4. The van der Waals surface area contributed by atoms with Crippen molar-refractivity contribution in [3.63, 3.8) is 0 Å². The van der Waals surface area contributed by atoms with Crippen molar-refractivity contribution in [3.8, 4) is 11.4 Å². The molecule has 0 unspecified atom stereocenters. The molecular formula is C21H21BrN8O2. The van der Waals surface area contributed by atoms with Crippen molar-refractivity contribution < 1.29 is 9.53 Å². The summed E-state index contributed by atoms with van der Waals surface area (Å²) < 4.78 is 9.53. The van der Waals surface area contributed by atoms with E-state index in [-0.39, 0.29) is 11.3 Å². The van der Waals surface area contributed by atoms with Crippen LogP contribution in [0.4, 0.5) is 5.95 Å². The number of likely N-dealkylation sites (tertiary alicyclic amines) is 1. The molecular weight excluding hydrogens is 476 g/mol. The summed E-state index contributed by atoms with van der Waals surface area (Å²) in [7, 11) is 1.85. The third-order valence-electron chi connectivity index (χ3n) is 6.11. The lowest BCUT2D eigenvalue weighted by atomic mass is 9.78. The molecule has 1 N–H and O–H groups in total. The highest BCUT2D eigenvalue weighted by Crippen LogP contribution is 2.38. The summed E-state index contributed by atoms with van der Waals surface area (Å²) in [6.45, 7) is 4.84. The molecule has 3 aromatic heterocycles. The maximum atomic E-state index is 13.0. The average Bonchev–Trinajstić information content (AvgIpc) is 3.33. The van der Waals surface area contributed by atoms with Gasteiger partial charge in [-0.25, -0.2) is 9.97 Å². The first kappa shape index (κ1) is 19.6. The van der Waals surface area contributed by atoms with Crippen LogP contribution in [-0.4, -0.2) is 72.5 Å². The van der Waals surface area contributed by atoms with Gasteiger partial charge in [0.2, 0.25) is 11.9 Å². The molecule has 5 heterocycles. The molecule has 1 aromatic carbocycles. The second-order valence-electron chi connectivity index (χ2n) is 8.70. The van der Waals surface area contributed by atoms with Gasteiger partial charge in [0.05, 0.1) is 35.9 Å². The van der Waals surface area contributed by atoms with E-state index in [0.29, 0.717) is 17.4 Å². The molecule has 0 bridgehead atoms. The van der Waals surface area contributed by atoms with E-state index in [1.54, 1.807) is 15.4 Å². The van der Waals surface area contributed by atoms with Crippen molar-refractivity contribution in [3.05, 3.63) is 35.1 Å². The van der Waals surface area contributed by atoms with Crippen LogP contribution in [0.5, 0.6) is 0 Å². The number of halogens is 1. The van der Waals surface area contributed by atoms with E-state index in [9.17, 15) is 4.79 Å². The lowest BCUT2D eigenvalue weighted by Gasteiger charge is -2.55. The van der Waals surface area contributed by atoms with Crippen LogP contribution in [0, 0.1) is 5.41 Å². The molecule has 0 aliphatic carbocycles. The Morgan fingerprint density at radius 1 is 1.28 bits per heavy atom. The first-order chi connectivity index (χ1) is 15.4. The molecule has 2 saturated heterocycles. The number of aryl methyl sites for hydroxylation is 1. The Morgan fingerprint density at radius 2 is 2.09 bits per heavy atom. The maximum absolute atomic E-state index is 13.0. The zero-order chi connectivity index (χ0) is 22.0. The molecule has 0 saturated carbocycles. The molecule has 164 valence electrons. The van der Waals surface area contributed by atoms with Gasteiger partial charge in [-0.3, -0.25) is 9.48 Å². The maximum Gasteiger partial charge on any atom is 0.244 e. The van der Waals surface area contributed by atoms with E-state index in [1.165, 1.54) is 0 Å². The number of anilines is 1. The molecule has 2 fully saturated rings. The van der Waals surface area contributed by atoms with E-state index in [2.05, 4.69) is 31.4 Å². The van der Waals surface area contributed by atoms with Gasteiger partial charge in [0, 0.05) is 36.2 Å². The van der Waals surface area contributed by atoms with Gasteiger partial charge in [0.25, 0.3) is 0 Å². The lowest BCUT2D eigenvalue weighted by molar-refractivity contribution is -0.195. The third-order valence-corrected chi connectivity index (χ3v) is 6.75. The summed E-state index contributed by atoms with van der Waals surface area (Å²) in [5.74, 6) is 1.05. The van der Waals surface area contributed by atoms with Crippen LogP contribution in [0.15, 0.2) is 35.1 Å². The number of hydrogen-bond donors (Lipinski definition) is 1. The minimum Gasteiger partial charge on any atom is -0.380 e. The van der Waals surface area contributed by atoms with Crippen molar-refractivity contribution in [2.45, 2.75) is 13.0 Å². The third kappa shape index (κ3) is 2.99. The predicted octanol–water partition coefficient (Wildman–Crippen LogP) is 2.10. The number of aromatic nitrogens is 6. The standard InChI is InChI=1S/C21H21BrN8O2/c1-12(19(31)29-8-21(9-29)10-32-11-21)24-20-25-16-14(4-3-5-15(16)22)18-26-17(27-30(18)20)13-6-23-28(2)7-13/h3-7,12H,8-11H2,1-2H3,(H,24,25)/t12-/m1/s1. The zero-order valence-electron chi connectivity index (χ0n) is 17.6. The van der Waals surface area contributed by atoms with Crippen LogP contribution in [-0.2, 0) is 16.6 Å². The van der Waals surface area contributed by atoms with Gasteiger partial charge in [0.15, 0.2) is 11.5 Å². The highest BCUT2D eigenvalue weighted by molar-refractivity contribution is 9.10. The Kier molecular flexibility index (Phi) is 4.28. The SMILES string of the molecule is C[C@@H](Nc1nc2c(Br)cccc2c2nc(-c3cnn(C)c3)nn12)C(=O)N1CC2(COC2)C1. The van der Waals surface area contributed by atoms with Crippen LogP contribution in [0.3, 0.4) is 0 Å². The summed E-state index contributed by atoms with van der Waals surface area (Å²) in [4.78, 5) is 24.4. The van der Waals surface area contributed by atoms with Gasteiger partial charge in [-0.15, -0.1) is 5.10 Å². The number of fused-ring (bicyclic) bond motifs is 3. The highest BCUT2D eigenvalue weighted by atomic mass is 79.9. The number of nitrogens with zero attached hydrogens (tertiary/aromatic N) is 7. The fourth-order valence-corrected chi connectivity index (χ4v) is 4.83. The van der Waals surface area contributed by atoms with E-state index in [1.807, 2.05) is 43.3 Å². The van der Waals surface area contributed by atoms with Crippen molar-refractivity contribution in [2.24, 2.45) is 12.5 Å².